The van der Waals surface area contributed by atoms with Crippen LogP contribution in [0.5, 0.6) is 5.75 Å². The van der Waals surface area contributed by atoms with Crippen LogP contribution < -0.4 is 4.74 Å². The van der Waals surface area contributed by atoms with Gasteiger partial charge in [0.2, 0.25) is 0 Å². The number of hydrogen-bond acceptors (Lipinski definition) is 5. The van der Waals surface area contributed by atoms with Crippen molar-refractivity contribution in [2.24, 2.45) is 0 Å². The molecule has 0 amide bonds. The molecule has 1 aromatic heterocycles. The van der Waals surface area contributed by atoms with Gasteiger partial charge in [-0.25, -0.2) is 4.98 Å². The van der Waals surface area contributed by atoms with Gasteiger partial charge in [-0.3, -0.25) is 10.1 Å². The first-order valence-electron chi connectivity index (χ1n) is 5.94. The Kier molecular flexibility index (Phi) is 3.30. The highest BCUT2D eigenvalue weighted by Crippen LogP contribution is 2.24. The minimum Gasteiger partial charge on any atom is -0.486 e. The van der Waals surface area contributed by atoms with Gasteiger partial charge in [0.25, 0.3) is 5.69 Å². The van der Waals surface area contributed by atoms with Gasteiger partial charge in [-0.1, -0.05) is 18.2 Å². The van der Waals surface area contributed by atoms with Crippen molar-refractivity contribution < 1.29 is 9.66 Å². The maximum absolute atomic E-state index is 10.7. The van der Waals surface area contributed by atoms with E-state index in [1.54, 1.807) is 23.5 Å². The largest absolute Gasteiger partial charge is 0.486 e. The van der Waals surface area contributed by atoms with Crippen LogP contribution in [0.3, 0.4) is 0 Å². The second kappa shape index (κ2) is 5.26. The second-order valence-corrected chi connectivity index (χ2v) is 5.23. The Hall–Kier alpha value is -2.47. The third-order valence-corrected chi connectivity index (χ3v) is 3.74. The SMILES string of the molecule is O=[N+]([O-])c1cccc(OCc2nc3ccccc3s2)c1. The molecule has 2 aromatic carbocycles. The van der Waals surface area contributed by atoms with E-state index in [0.717, 1.165) is 15.2 Å². The summed E-state index contributed by atoms with van der Waals surface area (Å²) in [4.78, 5) is 14.7. The zero-order chi connectivity index (χ0) is 13.9. The van der Waals surface area contributed by atoms with Gasteiger partial charge in [-0.15, -0.1) is 11.3 Å². The number of aromatic nitrogens is 1. The summed E-state index contributed by atoms with van der Waals surface area (Å²) in [5.74, 6) is 0.471. The minimum atomic E-state index is -0.440. The summed E-state index contributed by atoms with van der Waals surface area (Å²) in [6.45, 7) is 0.306. The van der Waals surface area contributed by atoms with Crippen LogP contribution in [-0.2, 0) is 6.61 Å². The van der Waals surface area contributed by atoms with Crippen molar-refractivity contribution in [2.75, 3.05) is 0 Å². The molecule has 0 bridgehead atoms. The molecule has 5 nitrogen and oxygen atoms in total. The van der Waals surface area contributed by atoms with Crippen LogP contribution in [0.4, 0.5) is 5.69 Å². The molecule has 100 valence electrons. The van der Waals surface area contributed by atoms with E-state index in [0.29, 0.717) is 12.4 Å². The third-order valence-electron chi connectivity index (χ3n) is 2.73. The fourth-order valence-corrected chi connectivity index (χ4v) is 2.69. The lowest BCUT2D eigenvalue weighted by Gasteiger charge is -2.03. The fourth-order valence-electron chi connectivity index (χ4n) is 1.81. The van der Waals surface area contributed by atoms with Crippen LogP contribution in [0, 0.1) is 10.1 Å². The highest BCUT2D eigenvalue weighted by Gasteiger charge is 2.08. The van der Waals surface area contributed by atoms with E-state index in [9.17, 15) is 10.1 Å². The molecule has 0 aliphatic carbocycles. The maximum Gasteiger partial charge on any atom is 0.273 e. The first-order chi connectivity index (χ1) is 9.72. The zero-order valence-corrected chi connectivity index (χ0v) is 11.2. The number of para-hydroxylation sites is 1. The van der Waals surface area contributed by atoms with E-state index in [1.165, 1.54) is 12.1 Å². The summed E-state index contributed by atoms with van der Waals surface area (Å²) in [5.41, 5.74) is 0.960. The molecular formula is C14H10N2O3S. The van der Waals surface area contributed by atoms with Crippen LogP contribution >= 0.6 is 11.3 Å². The van der Waals surface area contributed by atoms with E-state index in [-0.39, 0.29) is 5.69 Å². The van der Waals surface area contributed by atoms with Gasteiger partial charge in [0.15, 0.2) is 0 Å². The van der Waals surface area contributed by atoms with Crippen LogP contribution in [0.15, 0.2) is 48.5 Å². The molecule has 3 aromatic rings. The number of rotatable bonds is 4. The summed E-state index contributed by atoms with van der Waals surface area (Å²) in [5, 5.41) is 11.5. The predicted molar refractivity (Wildman–Crippen MR) is 77.0 cm³/mol. The monoisotopic (exact) mass is 286 g/mol. The molecule has 0 atom stereocenters. The summed E-state index contributed by atoms with van der Waals surface area (Å²) in [6, 6.07) is 14.0. The first kappa shape index (κ1) is 12.6. The highest BCUT2D eigenvalue weighted by atomic mass is 32.1. The van der Waals surface area contributed by atoms with E-state index < -0.39 is 4.92 Å². The van der Waals surface area contributed by atoms with Crippen molar-refractivity contribution in [3.63, 3.8) is 0 Å². The fraction of sp³-hybridized carbons (Fsp3) is 0.0714. The Bertz CT molecular complexity index is 737. The average molecular weight is 286 g/mol. The molecule has 6 heteroatoms. The number of nitro groups is 1. The van der Waals surface area contributed by atoms with Crippen molar-refractivity contribution in [2.45, 2.75) is 6.61 Å². The number of nitro benzene ring substituents is 1. The van der Waals surface area contributed by atoms with E-state index in [1.807, 2.05) is 24.3 Å². The van der Waals surface area contributed by atoms with Crippen molar-refractivity contribution in [3.8, 4) is 5.75 Å². The van der Waals surface area contributed by atoms with E-state index in [4.69, 9.17) is 4.74 Å². The number of ether oxygens (including phenoxy) is 1. The van der Waals surface area contributed by atoms with Crippen LogP contribution in [0.2, 0.25) is 0 Å². The maximum atomic E-state index is 10.7. The summed E-state index contributed by atoms with van der Waals surface area (Å²) >= 11 is 1.56. The Balaban J connectivity index is 1.75. The van der Waals surface area contributed by atoms with Crippen molar-refractivity contribution in [3.05, 3.63) is 63.7 Å². The van der Waals surface area contributed by atoms with Gasteiger partial charge in [0.05, 0.1) is 21.2 Å². The van der Waals surface area contributed by atoms with Crippen LogP contribution in [0.1, 0.15) is 5.01 Å². The highest BCUT2D eigenvalue weighted by molar-refractivity contribution is 7.18. The quantitative estimate of drug-likeness (QED) is 0.540. The van der Waals surface area contributed by atoms with Crippen LogP contribution in [0.25, 0.3) is 10.2 Å². The summed E-state index contributed by atoms with van der Waals surface area (Å²) < 4.78 is 6.66. The number of thiazole rings is 1. The number of fused-ring (bicyclic) bond motifs is 1. The first-order valence-corrected chi connectivity index (χ1v) is 6.76. The van der Waals surface area contributed by atoms with Gasteiger partial charge < -0.3 is 4.74 Å². The third kappa shape index (κ3) is 2.60. The summed E-state index contributed by atoms with van der Waals surface area (Å²) in [7, 11) is 0. The molecule has 0 spiro atoms. The Morgan fingerprint density at radius 2 is 2.05 bits per heavy atom. The molecule has 0 radical (unpaired) electrons. The van der Waals surface area contributed by atoms with Crippen molar-refractivity contribution in [1.29, 1.82) is 0 Å². The molecule has 0 N–H and O–H groups in total. The molecule has 0 fully saturated rings. The topological polar surface area (TPSA) is 65.3 Å². The number of hydrogen-bond donors (Lipinski definition) is 0. The molecule has 0 saturated carbocycles. The van der Waals surface area contributed by atoms with E-state index >= 15 is 0 Å². The lowest BCUT2D eigenvalue weighted by Crippen LogP contribution is -1.95. The number of benzene rings is 2. The van der Waals surface area contributed by atoms with Crippen LogP contribution in [-0.4, -0.2) is 9.91 Å². The zero-order valence-electron chi connectivity index (χ0n) is 10.4. The number of non-ortho nitro benzene ring substituents is 1. The van der Waals surface area contributed by atoms with E-state index in [2.05, 4.69) is 4.98 Å². The molecule has 0 aliphatic rings. The number of nitrogens with zero attached hydrogens (tertiary/aromatic N) is 2. The Labute approximate surface area is 118 Å². The van der Waals surface area contributed by atoms with Gasteiger partial charge in [0.1, 0.15) is 17.4 Å². The molecule has 3 rings (SSSR count). The molecule has 0 aliphatic heterocycles. The second-order valence-electron chi connectivity index (χ2n) is 4.12. The molecule has 0 unspecified atom stereocenters. The summed E-state index contributed by atoms with van der Waals surface area (Å²) in [6.07, 6.45) is 0. The molecule has 0 saturated heterocycles. The molecule has 1 heterocycles. The van der Waals surface area contributed by atoms with Crippen molar-refractivity contribution in [1.82, 2.24) is 4.98 Å². The van der Waals surface area contributed by atoms with Gasteiger partial charge in [-0.2, -0.15) is 0 Å². The van der Waals surface area contributed by atoms with Gasteiger partial charge in [0, 0.05) is 6.07 Å². The Morgan fingerprint density at radius 3 is 2.85 bits per heavy atom. The molecular weight excluding hydrogens is 276 g/mol. The lowest BCUT2D eigenvalue weighted by atomic mass is 10.3. The van der Waals surface area contributed by atoms with Gasteiger partial charge in [-0.05, 0) is 18.2 Å². The van der Waals surface area contributed by atoms with Gasteiger partial charge >= 0.3 is 0 Å². The Morgan fingerprint density at radius 1 is 1.20 bits per heavy atom. The smallest absolute Gasteiger partial charge is 0.273 e. The normalized spacial score (nSPS) is 10.6. The molecule has 20 heavy (non-hydrogen) atoms. The minimum absolute atomic E-state index is 0.0202. The average Bonchev–Trinajstić information content (AvgIpc) is 2.88. The standard InChI is InChI=1S/C14H10N2O3S/c17-16(18)10-4-3-5-11(8-10)19-9-14-15-12-6-1-2-7-13(12)20-14/h1-8H,9H2. The van der Waals surface area contributed by atoms with Crippen molar-refractivity contribution >= 4 is 27.2 Å². The lowest BCUT2D eigenvalue weighted by molar-refractivity contribution is -0.384. The predicted octanol–water partition coefficient (Wildman–Crippen LogP) is 3.78.